The Labute approximate surface area is 119 Å². The number of halogens is 3. The predicted octanol–water partition coefficient (Wildman–Crippen LogP) is 3.81. The molecule has 0 saturated carbocycles. The van der Waals surface area contributed by atoms with Crippen molar-refractivity contribution in [3.05, 3.63) is 47.8 Å². The van der Waals surface area contributed by atoms with Gasteiger partial charge in [-0.2, -0.15) is 13.2 Å². The molecule has 0 N–H and O–H groups in total. The number of aromatic nitrogens is 1. The number of nitrogens with zero attached hydrogens (tertiary/aromatic N) is 1. The van der Waals surface area contributed by atoms with Gasteiger partial charge < -0.3 is 4.74 Å². The Morgan fingerprint density at radius 1 is 1.19 bits per heavy atom. The zero-order valence-corrected chi connectivity index (χ0v) is 11.1. The highest BCUT2D eigenvalue weighted by Crippen LogP contribution is 2.27. The second-order valence-corrected chi connectivity index (χ2v) is 4.46. The summed E-state index contributed by atoms with van der Waals surface area (Å²) in [6, 6.07) is 8.05. The van der Waals surface area contributed by atoms with Gasteiger partial charge in [-0.3, -0.25) is 9.78 Å². The maximum absolute atomic E-state index is 12.1. The van der Waals surface area contributed by atoms with Gasteiger partial charge in [-0.15, -0.1) is 0 Å². The molecule has 2 rings (SSSR count). The molecule has 1 aromatic carbocycles. The third-order valence-corrected chi connectivity index (χ3v) is 2.77. The van der Waals surface area contributed by atoms with E-state index >= 15 is 0 Å². The summed E-state index contributed by atoms with van der Waals surface area (Å²) in [5, 5.41) is 0. The molecule has 2 aromatic rings. The maximum Gasteiger partial charge on any atom is 0.422 e. The molecule has 1 heterocycles. The van der Waals surface area contributed by atoms with Gasteiger partial charge in [0, 0.05) is 17.5 Å². The Balaban J connectivity index is 2.27. The summed E-state index contributed by atoms with van der Waals surface area (Å²) < 4.78 is 41.0. The van der Waals surface area contributed by atoms with Gasteiger partial charge >= 0.3 is 6.18 Å². The van der Waals surface area contributed by atoms with Crippen molar-refractivity contribution in [2.24, 2.45) is 0 Å². The van der Waals surface area contributed by atoms with Gasteiger partial charge in [-0.1, -0.05) is 12.1 Å². The highest BCUT2D eigenvalue weighted by molar-refractivity contribution is 5.82. The molecule has 0 radical (unpaired) electrons. The number of hydrogen-bond donors (Lipinski definition) is 0. The molecule has 0 saturated heterocycles. The van der Waals surface area contributed by atoms with E-state index in [2.05, 4.69) is 9.72 Å². The van der Waals surface area contributed by atoms with Gasteiger partial charge in [0.1, 0.15) is 5.75 Å². The van der Waals surface area contributed by atoms with Crippen molar-refractivity contribution in [3.8, 4) is 16.9 Å². The monoisotopic (exact) mass is 295 g/mol. The molecule has 0 bridgehead atoms. The Bertz CT molecular complexity index is 636. The average Bonchev–Trinajstić information content (AvgIpc) is 2.45. The molecule has 0 aliphatic heterocycles. The van der Waals surface area contributed by atoms with Crippen LogP contribution in [-0.2, 0) is 0 Å². The van der Waals surface area contributed by atoms with Crippen LogP contribution in [0.4, 0.5) is 13.2 Å². The van der Waals surface area contributed by atoms with E-state index in [0.717, 1.165) is 11.3 Å². The number of ether oxygens (including phenoxy) is 1. The molecular formula is C15H12F3NO2. The summed E-state index contributed by atoms with van der Waals surface area (Å²) in [6.45, 7) is 0.411. The van der Waals surface area contributed by atoms with Crippen LogP contribution in [0.2, 0.25) is 0 Å². The fraction of sp³-hybridized carbons (Fsp3) is 0.200. The lowest BCUT2D eigenvalue weighted by Gasteiger charge is -2.12. The number of aldehydes is 1. The van der Waals surface area contributed by atoms with E-state index in [1.54, 1.807) is 12.3 Å². The van der Waals surface area contributed by atoms with Crippen molar-refractivity contribution in [1.29, 1.82) is 0 Å². The van der Waals surface area contributed by atoms with Crippen LogP contribution in [-0.4, -0.2) is 24.1 Å². The lowest BCUT2D eigenvalue weighted by molar-refractivity contribution is -0.153. The lowest BCUT2D eigenvalue weighted by Crippen LogP contribution is -2.19. The third-order valence-electron chi connectivity index (χ3n) is 2.77. The first-order chi connectivity index (χ1) is 9.89. The minimum Gasteiger partial charge on any atom is -0.483 e. The van der Waals surface area contributed by atoms with E-state index in [1.807, 2.05) is 19.1 Å². The Morgan fingerprint density at radius 3 is 2.48 bits per heavy atom. The molecule has 110 valence electrons. The molecule has 0 unspecified atom stereocenters. The molecule has 3 nitrogen and oxygen atoms in total. The first kappa shape index (κ1) is 15.0. The molecular weight excluding hydrogens is 283 g/mol. The third kappa shape index (κ3) is 4.05. The van der Waals surface area contributed by atoms with Gasteiger partial charge in [0.2, 0.25) is 0 Å². The summed E-state index contributed by atoms with van der Waals surface area (Å²) >= 11 is 0. The van der Waals surface area contributed by atoms with Gasteiger partial charge in [-0.05, 0) is 30.7 Å². The minimum absolute atomic E-state index is 0.0670. The lowest BCUT2D eigenvalue weighted by atomic mass is 10.0. The molecule has 0 spiro atoms. The fourth-order valence-corrected chi connectivity index (χ4v) is 1.75. The number of carbonyl (C=O) groups excluding carboxylic acids is 1. The summed E-state index contributed by atoms with van der Waals surface area (Å²) in [5.74, 6) is -0.0915. The number of carbonyl (C=O) groups is 1. The van der Waals surface area contributed by atoms with Crippen LogP contribution >= 0.6 is 0 Å². The fourth-order valence-electron chi connectivity index (χ4n) is 1.75. The first-order valence-corrected chi connectivity index (χ1v) is 6.11. The molecule has 0 aliphatic rings. The van der Waals surface area contributed by atoms with E-state index in [9.17, 15) is 18.0 Å². The van der Waals surface area contributed by atoms with Crippen LogP contribution in [0.25, 0.3) is 11.1 Å². The highest BCUT2D eigenvalue weighted by atomic mass is 19.4. The molecule has 0 amide bonds. The van der Waals surface area contributed by atoms with Crippen LogP contribution in [0.5, 0.6) is 5.75 Å². The predicted molar refractivity (Wildman–Crippen MR) is 71.3 cm³/mol. The van der Waals surface area contributed by atoms with Crippen LogP contribution in [0.3, 0.4) is 0 Å². The second-order valence-electron chi connectivity index (χ2n) is 4.46. The molecule has 21 heavy (non-hydrogen) atoms. The van der Waals surface area contributed by atoms with Crippen molar-refractivity contribution < 1.29 is 22.7 Å². The Kier molecular flexibility index (Phi) is 4.26. The number of aryl methyl sites for hydroxylation is 1. The van der Waals surface area contributed by atoms with Crippen molar-refractivity contribution in [1.82, 2.24) is 4.98 Å². The van der Waals surface area contributed by atoms with Crippen LogP contribution in [0, 0.1) is 6.92 Å². The standard InChI is InChI=1S/C15H12F3NO2/c1-10-2-3-12(7-19-10)11-4-5-14(13(6-11)8-20)21-9-15(16,17)18/h2-8H,9H2,1H3. The number of rotatable bonds is 4. The zero-order valence-electron chi connectivity index (χ0n) is 11.1. The summed E-state index contributed by atoms with van der Waals surface area (Å²) in [4.78, 5) is 15.1. The smallest absolute Gasteiger partial charge is 0.422 e. The quantitative estimate of drug-likeness (QED) is 0.805. The largest absolute Gasteiger partial charge is 0.483 e. The van der Waals surface area contributed by atoms with Crippen LogP contribution in [0.1, 0.15) is 16.1 Å². The van der Waals surface area contributed by atoms with Crippen molar-refractivity contribution >= 4 is 6.29 Å². The summed E-state index contributed by atoms with van der Waals surface area (Å²) in [6.07, 6.45) is -2.34. The second kappa shape index (κ2) is 5.95. The van der Waals surface area contributed by atoms with Crippen LogP contribution in [0.15, 0.2) is 36.5 Å². The zero-order chi connectivity index (χ0) is 15.5. The Hall–Kier alpha value is -2.37. The van der Waals surface area contributed by atoms with Gasteiger partial charge in [-0.25, -0.2) is 0 Å². The van der Waals surface area contributed by atoms with E-state index in [1.165, 1.54) is 12.1 Å². The molecule has 0 aliphatic carbocycles. The summed E-state index contributed by atoms with van der Waals surface area (Å²) in [5.41, 5.74) is 2.37. The van der Waals surface area contributed by atoms with Gasteiger partial charge in [0.25, 0.3) is 0 Å². The van der Waals surface area contributed by atoms with E-state index < -0.39 is 12.8 Å². The number of alkyl halides is 3. The van der Waals surface area contributed by atoms with E-state index in [-0.39, 0.29) is 11.3 Å². The maximum atomic E-state index is 12.1. The molecule has 0 atom stereocenters. The van der Waals surface area contributed by atoms with E-state index in [4.69, 9.17) is 0 Å². The number of pyridine rings is 1. The van der Waals surface area contributed by atoms with Crippen LogP contribution < -0.4 is 4.74 Å². The average molecular weight is 295 g/mol. The Morgan fingerprint density at radius 2 is 1.90 bits per heavy atom. The molecule has 1 aromatic heterocycles. The van der Waals surface area contributed by atoms with Crippen molar-refractivity contribution in [2.75, 3.05) is 6.61 Å². The highest BCUT2D eigenvalue weighted by Gasteiger charge is 2.28. The SMILES string of the molecule is Cc1ccc(-c2ccc(OCC(F)(F)F)c(C=O)c2)cn1. The van der Waals surface area contributed by atoms with Gasteiger partial charge in [0.05, 0.1) is 5.56 Å². The van der Waals surface area contributed by atoms with E-state index in [0.29, 0.717) is 11.8 Å². The number of benzene rings is 1. The van der Waals surface area contributed by atoms with Crippen molar-refractivity contribution in [3.63, 3.8) is 0 Å². The minimum atomic E-state index is -4.44. The van der Waals surface area contributed by atoms with Crippen molar-refractivity contribution in [2.45, 2.75) is 13.1 Å². The number of hydrogen-bond acceptors (Lipinski definition) is 3. The molecule has 0 fully saturated rings. The normalized spacial score (nSPS) is 11.2. The summed E-state index contributed by atoms with van der Waals surface area (Å²) in [7, 11) is 0. The molecule has 6 heteroatoms. The van der Waals surface area contributed by atoms with Gasteiger partial charge in [0.15, 0.2) is 12.9 Å². The topological polar surface area (TPSA) is 39.2 Å². The first-order valence-electron chi connectivity index (χ1n) is 6.11.